The van der Waals surface area contributed by atoms with Gasteiger partial charge in [0, 0.05) is 0 Å². The van der Waals surface area contributed by atoms with Crippen LogP contribution < -0.4 is 11.3 Å². The highest BCUT2D eigenvalue weighted by Gasteiger charge is 1.91. The van der Waals surface area contributed by atoms with E-state index in [1.54, 1.807) is 5.43 Å². The van der Waals surface area contributed by atoms with Crippen LogP contribution in [0.15, 0.2) is 0 Å². The van der Waals surface area contributed by atoms with Gasteiger partial charge in [-0.3, -0.25) is 5.43 Å². The van der Waals surface area contributed by atoms with Gasteiger partial charge < -0.3 is 4.74 Å². The molecule has 52 valence electrons. The Morgan fingerprint density at radius 2 is 2.22 bits per heavy atom. The SMILES string of the molecule is NNC(=O)OC=S(=O)=O. The molecule has 0 aromatic rings. The van der Waals surface area contributed by atoms with Crippen molar-refractivity contribution in [2.45, 2.75) is 0 Å². The van der Waals surface area contributed by atoms with E-state index in [9.17, 15) is 13.2 Å². The van der Waals surface area contributed by atoms with Crippen LogP contribution in [0.5, 0.6) is 0 Å². The molecule has 3 N–H and O–H groups in total. The van der Waals surface area contributed by atoms with Gasteiger partial charge in [-0.1, -0.05) is 0 Å². The van der Waals surface area contributed by atoms with E-state index >= 15 is 0 Å². The molecular formula is C2H4N2O4S. The lowest BCUT2D eigenvalue weighted by atomic mass is 11.2. The molecule has 0 aromatic carbocycles. The zero-order valence-electron chi connectivity index (χ0n) is 4.20. The number of nitrogens with two attached hydrogens (primary N) is 1. The smallest absolute Gasteiger partial charge is 0.401 e. The minimum Gasteiger partial charge on any atom is -0.401 e. The van der Waals surface area contributed by atoms with E-state index < -0.39 is 16.4 Å². The standard InChI is InChI=1S/C2H4N2O4S/c3-4-2(5)8-1-9(6)7/h1H,3H2,(H,4,5). The summed E-state index contributed by atoms with van der Waals surface area (Å²) in [6.45, 7) is 0. The Kier molecular flexibility index (Phi) is 3.40. The largest absolute Gasteiger partial charge is 0.427 e. The first kappa shape index (κ1) is 7.92. The van der Waals surface area contributed by atoms with Gasteiger partial charge in [0.25, 0.3) is 0 Å². The summed E-state index contributed by atoms with van der Waals surface area (Å²) in [5.41, 5.74) is 1.88. The number of hydrogen-bond acceptors (Lipinski definition) is 5. The minimum atomic E-state index is -2.50. The van der Waals surface area contributed by atoms with Crippen LogP contribution in [-0.4, -0.2) is 20.1 Å². The summed E-state index contributed by atoms with van der Waals surface area (Å²) < 4.78 is 23.1. The van der Waals surface area contributed by atoms with Crippen molar-refractivity contribution < 1.29 is 17.9 Å². The van der Waals surface area contributed by atoms with Crippen LogP contribution in [-0.2, 0) is 15.0 Å². The van der Waals surface area contributed by atoms with Crippen molar-refractivity contribution in [2.75, 3.05) is 0 Å². The topological polar surface area (TPSA) is 98.5 Å². The number of carbonyl (C=O) groups excluding carboxylic acids is 1. The van der Waals surface area contributed by atoms with Crippen LogP contribution in [0.3, 0.4) is 0 Å². The first-order valence-corrected chi connectivity index (χ1v) is 2.89. The van der Waals surface area contributed by atoms with Gasteiger partial charge in [-0.25, -0.2) is 10.6 Å². The van der Waals surface area contributed by atoms with Crippen molar-refractivity contribution >= 4 is 21.9 Å². The van der Waals surface area contributed by atoms with Gasteiger partial charge in [0.15, 0.2) is 0 Å². The van der Waals surface area contributed by atoms with Crippen molar-refractivity contribution in [1.29, 1.82) is 0 Å². The average Bonchev–Trinajstić information content (AvgIpc) is 1.83. The van der Waals surface area contributed by atoms with Gasteiger partial charge in [-0.2, -0.15) is 8.42 Å². The van der Waals surface area contributed by atoms with Gasteiger partial charge in [-0.05, 0) is 0 Å². The molecule has 7 heteroatoms. The summed E-state index contributed by atoms with van der Waals surface area (Å²) in [5.74, 6) is 4.51. The number of carbonyl (C=O) groups is 1. The van der Waals surface area contributed by atoms with Crippen LogP contribution >= 0.6 is 0 Å². The molecule has 9 heavy (non-hydrogen) atoms. The van der Waals surface area contributed by atoms with Crippen molar-refractivity contribution in [3.63, 3.8) is 0 Å². The van der Waals surface area contributed by atoms with Crippen molar-refractivity contribution in [2.24, 2.45) is 5.84 Å². The Bertz CT molecular complexity index is 209. The number of amides is 1. The zero-order valence-corrected chi connectivity index (χ0v) is 5.01. The quantitative estimate of drug-likeness (QED) is 0.200. The number of ether oxygens (including phenoxy) is 1. The fraction of sp³-hybridized carbons (Fsp3) is 0. The number of rotatable bonds is 1. The first-order chi connectivity index (χ1) is 4.16. The Labute approximate surface area is 52.1 Å². The second kappa shape index (κ2) is 3.87. The summed E-state index contributed by atoms with van der Waals surface area (Å²) in [6, 6.07) is 0. The van der Waals surface area contributed by atoms with Gasteiger partial charge in [-0.15, -0.1) is 0 Å². The third-order valence-electron chi connectivity index (χ3n) is 0.352. The summed E-state index contributed by atoms with van der Waals surface area (Å²) in [7, 11) is -2.50. The molecule has 6 nitrogen and oxygen atoms in total. The fourth-order valence-corrected chi connectivity index (χ4v) is 0.283. The fourth-order valence-electron chi connectivity index (χ4n) is 0.117. The minimum absolute atomic E-state index is 0.322. The van der Waals surface area contributed by atoms with Crippen molar-refractivity contribution in [3.05, 3.63) is 0 Å². The lowest BCUT2D eigenvalue weighted by Crippen LogP contribution is -2.30. The Morgan fingerprint density at radius 3 is 2.56 bits per heavy atom. The highest BCUT2D eigenvalue weighted by Crippen LogP contribution is 1.64. The lowest BCUT2D eigenvalue weighted by molar-refractivity contribution is 0.201. The second-order valence-corrected chi connectivity index (χ2v) is 1.62. The predicted molar refractivity (Wildman–Crippen MR) is 28.8 cm³/mol. The third-order valence-corrected chi connectivity index (χ3v) is 0.605. The molecule has 0 unspecified atom stereocenters. The molecule has 0 rings (SSSR count). The van der Waals surface area contributed by atoms with E-state index in [0.29, 0.717) is 5.55 Å². The highest BCUT2D eigenvalue weighted by molar-refractivity contribution is 7.71. The van der Waals surface area contributed by atoms with Crippen LogP contribution in [0.1, 0.15) is 0 Å². The molecular weight excluding hydrogens is 148 g/mol. The zero-order chi connectivity index (χ0) is 7.28. The molecule has 0 aliphatic rings. The molecule has 0 saturated carbocycles. The molecule has 1 amide bonds. The second-order valence-electron chi connectivity index (χ2n) is 0.906. The summed E-state index contributed by atoms with van der Waals surface area (Å²) in [6.07, 6.45) is -1.03. The van der Waals surface area contributed by atoms with Crippen LogP contribution in [0, 0.1) is 0 Å². The molecule has 0 saturated heterocycles. The molecule has 0 atom stereocenters. The molecule has 0 aliphatic heterocycles. The first-order valence-electron chi connectivity index (χ1n) is 1.75. The van der Waals surface area contributed by atoms with Gasteiger partial charge in [0.05, 0.1) is 0 Å². The molecule has 0 aromatic heterocycles. The van der Waals surface area contributed by atoms with Gasteiger partial charge in [0.2, 0.25) is 15.8 Å². The highest BCUT2D eigenvalue weighted by atomic mass is 32.2. The van der Waals surface area contributed by atoms with E-state index in [4.69, 9.17) is 0 Å². The van der Waals surface area contributed by atoms with Crippen molar-refractivity contribution in [1.82, 2.24) is 5.43 Å². The van der Waals surface area contributed by atoms with E-state index in [-0.39, 0.29) is 0 Å². The lowest BCUT2D eigenvalue weighted by Gasteiger charge is -1.90. The van der Waals surface area contributed by atoms with E-state index in [2.05, 4.69) is 10.6 Å². The Morgan fingerprint density at radius 1 is 1.67 bits per heavy atom. The number of hydrogen-bond donors (Lipinski definition) is 2. The monoisotopic (exact) mass is 152 g/mol. The van der Waals surface area contributed by atoms with E-state index in [1.165, 1.54) is 0 Å². The van der Waals surface area contributed by atoms with Crippen LogP contribution in [0.25, 0.3) is 0 Å². The van der Waals surface area contributed by atoms with Gasteiger partial charge >= 0.3 is 6.09 Å². The third kappa shape index (κ3) is 4.78. The predicted octanol–water partition coefficient (Wildman–Crippen LogP) is -1.77. The summed E-state index contributed by atoms with van der Waals surface area (Å²) >= 11 is 0. The molecule has 0 bridgehead atoms. The number of hydrazine groups is 1. The summed E-state index contributed by atoms with van der Waals surface area (Å²) in [4.78, 5) is 9.95. The Hall–Kier alpha value is -1.08. The van der Waals surface area contributed by atoms with Crippen molar-refractivity contribution in [3.8, 4) is 0 Å². The average molecular weight is 152 g/mol. The molecule has 0 aliphatic carbocycles. The normalized spacial score (nSPS) is 7.67. The molecule has 0 radical (unpaired) electrons. The molecule has 0 heterocycles. The van der Waals surface area contributed by atoms with Crippen LogP contribution in [0.2, 0.25) is 0 Å². The van der Waals surface area contributed by atoms with Gasteiger partial charge in [0.1, 0.15) is 0 Å². The maximum Gasteiger partial charge on any atom is 0.427 e. The van der Waals surface area contributed by atoms with E-state index in [0.717, 1.165) is 0 Å². The number of nitrogens with one attached hydrogen (secondary N) is 1. The maximum atomic E-state index is 9.95. The van der Waals surface area contributed by atoms with Crippen LogP contribution in [0.4, 0.5) is 4.79 Å². The Balaban J connectivity index is 3.78. The maximum absolute atomic E-state index is 9.95. The molecule has 0 spiro atoms. The summed E-state index contributed by atoms with van der Waals surface area (Å²) in [5, 5.41) is 0. The van der Waals surface area contributed by atoms with E-state index in [1.807, 2.05) is 0 Å². The molecule has 0 fully saturated rings.